The molecule has 0 atom stereocenters. The van der Waals surface area contributed by atoms with Crippen LogP contribution in [0.3, 0.4) is 0 Å². The van der Waals surface area contributed by atoms with Gasteiger partial charge in [-0.05, 0) is 70.7 Å². The number of carbonyl (C=O) groups excluding carboxylic acids is 1. The normalized spacial score (nSPS) is 21.7. The number of nitrogens with one attached hydrogen (secondary N) is 2. The lowest BCUT2D eigenvalue weighted by Gasteiger charge is -2.30. The van der Waals surface area contributed by atoms with Crippen LogP contribution in [-0.2, 0) is 21.0 Å². The summed E-state index contributed by atoms with van der Waals surface area (Å²) in [7, 11) is -3.44. The molecule has 1 aliphatic carbocycles. The molecular weight excluding hydrogens is 381 g/mol. The molecule has 2 rings (SSSR count). The summed E-state index contributed by atoms with van der Waals surface area (Å²) in [6, 6.07) is 4.10. The first-order valence-electron chi connectivity index (χ1n) is 8.79. The molecule has 0 bridgehead atoms. The van der Waals surface area contributed by atoms with Gasteiger partial charge in [0.25, 0.3) is 0 Å². The van der Waals surface area contributed by atoms with Crippen LogP contribution in [0, 0.1) is 5.92 Å². The minimum Gasteiger partial charge on any atom is -0.326 e. The van der Waals surface area contributed by atoms with Crippen LogP contribution in [0.5, 0.6) is 0 Å². The van der Waals surface area contributed by atoms with E-state index in [1.54, 1.807) is 20.8 Å². The number of sulfonamides is 1. The predicted molar refractivity (Wildman–Crippen MR) is 97.6 cm³/mol. The predicted octanol–water partition coefficient (Wildman–Crippen LogP) is 3.92. The van der Waals surface area contributed by atoms with E-state index in [0.29, 0.717) is 31.4 Å². The van der Waals surface area contributed by atoms with E-state index in [1.165, 1.54) is 12.1 Å². The van der Waals surface area contributed by atoms with E-state index < -0.39 is 26.5 Å². The third kappa shape index (κ3) is 5.68. The number of hydrogen-bond acceptors (Lipinski definition) is 3. The van der Waals surface area contributed by atoms with Gasteiger partial charge in [-0.2, -0.15) is 13.2 Å². The number of rotatable bonds is 4. The minimum absolute atomic E-state index is 0.204. The number of alkyl halides is 3. The Bertz CT molecular complexity index is 761. The lowest BCUT2D eigenvalue weighted by atomic mass is 9.86. The Morgan fingerprint density at radius 2 is 1.52 bits per heavy atom. The lowest BCUT2D eigenvalue weighted by molar-refractivity contribution is -0.137. The van der Waals surface area contributed by atoms with Crippen LogP contribution in [0.2, 0.25) is 0 Å². The topological polar surface area (TPSA) is 75.3 Å². The van der Waals surface area contributed by atoms with Crippen molar-refractivity contribution in [2.45, 2.75) is 63.4 Å². The van der Waals surface area contributed by atoms with Gasteiger partial charge in [-0.25, -0.2) is 13.1 Å². The van der Waals surface area contributed by atoms with Crippen molar-refractivity contribution in [2.75, 3.05) is 5.32 Å². The van der Waals surface area contributed by atoms with E-state index in [1.807, 2.05) is 0 Å². The van der Waals surface area contributed by atoms with Crippen molar-refractivity contribution in [3.05, 3.63) is 29.8 Å². The first kappa shape index (κ1) is 21.7. The highest BCUT2D eigenvalue weighted by molar-refractivity contribution is 7.90. The molecule has 2 N–H and O–H groups in total. The van der Waals surface area contributed by atoms with Gasteiger partial charge in [-0.15, -0.1) is 0 Å². The monoisotopic (exact) mass is 406 g/mol. The van der Waals surface area contributed by atoms with Crippen LogP contribution in [0.1, 0.15) is 52.0 Å². The molecule has 0 aromatic heterocycles. The van der Waals surface area contributed by atoms with Crippen LogP contribution >= 0.6 is 0 Å². The highest BCUT2D eigenvalue weighted by Gasteiger charge is 2.34. The van der Waals surface area contributed by atoms with Crippen LogP contribution < -0.4 is 10.0 Å². The molecule has 0 heterocycles. The van der Waals surface area contributed by atoms with Crippen LogP contribution in [0.15, 0.2) is 24.3 Å². The largest absolute Gasteiger partial charge is 0.416 e. The van der Waals surface area contributed by atoms with Gasteiger partial charge in [0, 0.05) is 17.6 Å². The fraction of sp³-hybridized carbons (Fsp3) is 0.611. The first-order chi connectivity index (χ1) is 12.3. The molecule has 1 saturated carbocycles. The quantitative estimate of drug-likeness (QED) is 0.796. The Hall–Kier alpha value is -1.61. The molecule has 5 nitrogen and oxygen atoms in total. The molecule has 1 fully saturated rings. The molecule has 1 aliphatic rings. The number of benzene rings is 1. The smallest absolute Gasteiger partial charge is 0.326 e. The van der Waals surface area contributed by atoms with Gasteiger partial charge in [0.15, 0.2) is 0 Å². The van der Waals surface area contributed by atoms with Crippen molar-refractivity contribution in [2.24, 2.45) is 5.92 Å². The van der Waals surface area contributed by atoms with Crippen molar-refractivity contribution >= 4 is 21.6 Å². The molecule has 0 radical (unpaired) electrons. The summed E-state index contributed by atoms with van der Waals surface area (Å²) in [4.78, 5) is 12.3. The Labute approximate surface area is 157 Å². The second-order valence-electron chi connectivity index (χ2n) is 7.85. The molecule has 1 aromatic carbocycles. The highest BCUT2D eigenvalue weighted by atomic mass is 32.2. The van der Waals surface area contributed by atoms with Crippen LogP contribution in [0.25, 0.3) is 0 Å². The van der Waals surface area contributed by atoms with Crippen LogP contribution in [0.4, 0.5) is 18.9 Å². The molecule has 1 aromatic rings. The fourth-order valence-electron chi connectivity index (χ4n) is 2.86. The fourth-order valence-corrected chi connectivity index (χ4v) is 3.88. The summed E-state index contributed by atoms with van der Waals surface area (Å²) in [5, 5.41) is 2.63. The maximum absolute atomic E-state index is 12.6. The zero-order chi connectivity index (χ0) is 20.5. The van der Waals surface area contributed by atoms with Crippen LogP contribution in [-0.4, -0.2) is 25.1 Å². The zero-order valence-electron chi connectivity index (χ0n) is 15.6. The maximum atomic E-state index is 12.6. The molecule has 0 aliphatic heterocycles. The van der Waals surface area contributed by atoms with Crippen molar-refractivity contribution < 1.29 is 26.4 Å². The number of amides is 1. The standard InChI is InChI=1S/C18H25F3N2O3S/c1-17(2,3)27(25,26)23-15-8-4-12(5-9-15)16(24)22-14-10-6-13(7-11-14)18(19,20)21/h6-7,10-12,15,23H,4-5,8-9H2,1-3H3,(H,22,24). The Morgan fingerprint density at radius 3 is 1.96 bits per heavy atom. The minimum atomic E-state index is -4.42. The summed E-state index contributed by atoms with van der Waals surface area (Å²) in [5.41, 5.74) is -0.462. The second-order valence-corrected chi connectivity index (χ2v) is 10.3. The van der Waals surface area contributed by atoms with Crippen molar-refractivity contribution in [1.82, 2.24) is 4.72 Å². The van der Waals surface area contributed by atoms with E-state index in [4.69, 9.17) is 0 Å². The van der Waals surface area contributed by atoms with Gasteiger partial charge < -0.3 is 5.32 Å². The van der Waals surface area contributed by atoms with Crippen molar-refractivity contribution in [3.63, 3.8) is 0 Å². The molecule has 0 unspecified atom stereocenters. The molecule has 152 valence electrons. The van der Waals surface area contributed by atoms with E-state index in [9.17, 15) is 26.4 Å². The first-order valence-corrected chi connectivity index (χ1v) is 10.3. The van der Waals surface area contributed by atoms with E-state index >= 15 is 0 Å². The van der Waals surface area contributed by atoms with Crippen molar-refractivity contribution in [1.29, 1.82) is 0 Å². The Kier molecular flexibility index (Phi) is 6.26. The molecular formula is C18H25F3N2O3S. The molecule has 0 spiro atoms. The van der Waals surface area contributed by atoms with E-state index in [-0.39, 0.29) is 17.9 Å². The molecule has 1 amide bonds. The summed E-state index contributed by atoms with van der Waals surface area (Å²) >= 11 is 0. The van der Waals surface area contributed by atoms with E-state index in [2.05, 4.69) is 10.0 Å². The van der Waals surface area contributed by atoms with Gasteiger partial charge in [0.1, 0.15) is 0 Å². The van der Waals surface area contributed by atoms with Gasteiger partial charge >= 0.3 is 6.18 Å². The van der Waals surface area contributed by atoms with Gasteiger partial charge in [-0.1, -0.05) is 0 Å². The third-order valence-electron chi connectivity index (χ3n) is 4.71. The third-order valence-corrected chi connectivity index (χ3v) is 6.96. The lowest BCUT2D eigenvalue weighted by Crippen LogP contribution is -2.46. The maximum Gasteiger partial charge on any atom is 0.416 e. The number of halogens is 3. The van der Waals surface area contributed by atoms with Gasteiger partial charge in [-0.3, -0.25) is 4.79 Å². The second kappa shape index (κ2) is 7.79. The van der Waals surface area contributed by atoms with E-state index in [0.717, 1.165) is 12.1 Å². The number of anilines is 1. The molecule has 27 heavy (non-hydrogen) atoms. The molecule has 9 heteroatoms. The number of carbonyl (C=O) groups is 1. The van der Waals surface area contributed by atoms with Gasteiger partial charge in [0.05, 0.1) is 10.3 Å². The Balaban J connectivity index is 1.88. The Morgan fingerprint density at radius 1 is 1.00 bits per heavy atom. The average molecular weight is 406 g/mol. The number of hydrogen-bond donors (Lipinski definition) is 2. The average Bonchev–Trinajstić information content (AvgIpc) is 2.53. The van der Waals surface area contributed by atoms with Crippen molar-refractivity contribution in [3.8, 4) is 0 Å². The summed E-state index contributed by atoms with van der Waals surface area (Å²) in [6.07, 6.45) is -2.30. The van der Waals surface area contributed by atoms with Gasteiger partial charge in [0.2, 0.25) is 15.9 Å². The summed E-state index contributed by atoms with van der Waals surface area (Å²) in [5.74, 6) is -0.547. The molecule has 0 saturated heterocycles. The zero-order valence-corrected chi connectivity index (χ0v) is 16.4. The SMILES string of the molecule is CC(C)(C)S(=O)(=O)NC1CCC(C(=O)Nc2ccc(C(F)(F)F)cc2)CC1. The summed E-state index contributed by atoms with van der Waals surface area (Å²) < 4.78 is 63.9. The summed E-state index contributed by atoms with van der Waals surface area (Å²) in [6.45, 7) is 4.87. The highest BCUT2D eigenvalue weighted by Crippen LogP contribution is 2.31.